The van der Waals surface area contributed by atoms with Gasteiger partial charge in [-0.15, -0.1) is 0 Å². The van der Waals surface area contributed by atoms with Crippen molar-refractivity contribution in [1.82, 2.24) is 0 Å². The van der Waals surface area contributed by atoms with E-state index in [1.54, 1.807) is 0 Å². The van der Waals surface area contributed by atoms with Gasteiger partial charge in [0.15, 0.2) is 0 Å². The van der Waals surface area contributed by atoms with E-state index in [4.69, 9.17) is 5.73 Å². The maximum absolute atomic E-state index is 5.29. The molecule has 1 nitrogen and oxygen atoms in total. The summed E-state index contributed by atoms with van der Waals surface area (Å²) in [7, 11) is 0. The first-order valence-electron chi connectivity index (χ1n) is 3.30. The zero-order valence-electron chi connectivity index (χ0n) is 6.22. The molecule has 1 heteroatoms. The third-order valence-corrected chi connectivity index (χ3v) is 1.17. The Labute approximate surface area is 57.3 Å². The average Bonchev–Trinajstić information content (AvgIpc) is 1.89. The second-order valence-corrected chi connectivity index (χ2v) is 2.01. The van der Waals surface area contributed by atoms with Crippen LogP contribution in [0.15, 0.2) is 23.8 Å². The van der Waals surface area contributed by atoms with E-state index in [1.807, 2.05) is 6.92 Å². The van der Waals surface area contributed by atoms with Crippen LogP contribution in [-0.4, -0.2) is 6.54 Å². The quantitative estimate of drug-likeness (QED) is 0.572. The molecule has 0 heterocycles. The normalized spacial score (nSPS) is 13.0. The molecule has 0 aliphatic carbocycles. The Morgan fingerprint density at radius 1 is 1.56 bits per heavy atom. The summed E-state index contributed by atoms with van der Waals surface area (Å²) in [5.74, 6) is 0. The van der Waals surface area contributed by atoms with Gasteiger partial charge in [0.05, 0.1) is 0 Å². The first kappa shape index (κ1) is 8.44. The highest BCUT2D eigenvalue weighted by atomic mass is 14.5. The summed E-state index contributed by atoms with van der Waals surface area (Å²) in [6.45, 7) is 4.85. The molecule has 2 N–H and O–H groups in total. The molecule has 0 radical (unpaired) electrons. The predicted octanol–water partition coefficient (Wildman–Crippen LogP) is 1.86. The molecule has 0 saturated carbocycles. The Balaban J connectivity index is 3.45. The molecule has 0 aromatic carbocycles. The molecular formula is C8H15N. The minimum absolute atomic E-state index is 0.744. The van der Waals surface area contributed by atoms with Gasteiger partial charge in [-0.25, -0.2) is 0 Å². The molecule has 0 fully saturated rings. The predicted molar refractivity (Wildman–Crippen MR) is 42.2 cm³/mol. The third-order valence-electron chi connectivity index (χ3n) is 1.17. The summed E-state index contributed by atoms with van der Waals surface area (Å²) in [5.41, 5.74) is 6.58. The molecular weight excluding hydrogens is 110 g/mol. The Bertz CT molecular complexity index is 112. The lowest BCUT2D eigenvalue weighted by molar-refractivity contribution is 1.01. The molecule has 0 unspecified atom stereocenters. The van der Waals surface area contributed by atoms with E-state index >= 15 is 0 Å². The monoisotopic (exact) mass is 125 g/mol. The Kier molecular flexibility index (Phi) is 5.23. The fourth-order valence-corrected chi connectivity index (χ4v) is 0.462. The lowest BCUT2D eigenvalue weighted by Crippen LogP contribution is -1.94. The molecule has 52 valence electrons. The number of allylic oxidation sites excluding steroid dienone is 3. The Morgan fingerprint density at radius 3 is 2.67 bits per heavy atom. The van der Waals surface area contributed by atoms with Crippen molar-refractivity contribution in [3.63, 3.8) is 0 Å². The molecule has 0 atom stereocenters. The van der Waals surface area contributed by atoms with Crippen molar-refractivity contribution in [3.8, 4) is 0 Å². The number of hydrogen-bond donors (Lipinski definition) is 1. The van der Waals surface area contributed by atoms with Gasteiger partial charge in [-0.2, -0.15) is 0 Å². The zero-order chi connectivity index (χ0) is 7.11. The summed E-state index contributed by atoms with van der Waals surface area (Å²) >= 11 is 0. The molecule has 0 aliphatic heterocycles. The molecule has 0 amide bonds. The SMILES string of the molecule is C/C=C(C)\C=C/CCN. The van der Waals surface area contributed by atoms with Gasteiger partial charge in [-0.1, -0.05) is 23.8 Å². The van der Waals surface area contributed by atoms with Crippen LogP contribution in [0.1, 0.15) is 20.3 Å². The molecule has 0 aromatic heterocycles. The van der Waals surface area contributed by atoms with Crippen molar-refractivity contribution in [2.24, 2.45) is 5.73 Å². The highest BCUT2D eigenvalue weighted by Crippen LogP contribution is 1.93. The van der Waals surface area contributed by atoms with Gasteiger partial charge in [0.2, 0.25) is 0 Å². The number of rotatable bonds is 3. The summed E-state index contributed by atoms with van der Waals surface area (Å²) in [6, 6.07) is 0. The highest BCUT2D eigenvalue weighted by Gasteiger charge is 1.75. The van der Waals surface area contributed by atoms with Crippen molar-refractivity contribution in [3.05, 3.63) is 23.8 Å². The zero-order valence-corrected chi connectivity index (χ0v) is 6.22. The van der Waals surface area contributed by atoms with E-state index < -0.39 is 0 Å². The lowest BCUT2D eigenvalue weighted by atomic mass is 10.2. The maximum Gasteiger partial charge on any atom is -0.00425 e. The second-order valence-electron chi connectivity index (χ2n) is 2.01. The molecule has 0 aromatic rings. The topological polar surface area (TPSA) is 26.0 Å². The van der Waals surface area contributed by atoms with E-state index in [0.29, 0.717) is 0 Å². The van der Waals surface area contributed by atoms with E-state index in [0.717, 1.165) is 13.0 Å². The fourth-order valence-electron chi connectivity index (χ4n) is 0.462. The number of hydrogen-bond acceptors (Lipinski definition) is 1. The Morgan fingerprint density at radius 2 is 2.22 bits per heavy atom. The van der Waals surface area contributed by atoms with Crippen LogP contribution in [0.5, 0.6) is 0 Å². The first-order valence-corrected chi connectivity index (χ1v) is 3.30. The van der Waals surface area contributed by atoms with Crippen molar-refractivity contribution >= 4 is 0 Å². The molecule has 0 saturated heterocycles. The number of nitrogens with two attached hydrogens (primary N) is 1. The minimum atomic E-state index is 0.744. The lowest BCUT2D eigenvalue weighted by Gasteiger charge is -1.86. The smallest absolute Gasteiger partial charge is 0.00425 e. The largest absolute Gasteiger partial charge is 0.330 e. The van der Waals surface area contributed by atoms with E-state index in [2.05, 4.69) is 25.2 Å². The van der Waals surface area contributed by atoms with E-state index in [9.17, 15) is 0 Å². The van der Waals surface area contributed by atoms with Crippen molar-refractivity contribution in [2.75, 3.05) is 6.54 Å². The summed E-state index contributed by atoms with van der Waals surface area (Å²) in [5, 5.41) is 0. The van der Waals surface area contributed by atoms with Crippen LogP contribution in [0.2, 0.25) is 0 Å². The summed E-state index contributed by atoms with van der Waals surface area (Å²) < 4.78 is 0. The Hall–Kier alpha value is -0.560. The van der Waals surface area contributed by atoms with Crippen LogP contribution in [-0.2, 0) is 0 Å². The third kappa shape index (κ3) is 5.31. The van der Waals surface area contributed by atoms with Crippen LogP contribution in [0.4, 0.5) is 0 Å². The van der Waals surface area contributed by atoms with Gasteiger partial charge in [0.1, 0.15) is 0 Å². The summed E-state index contributed by atoms with van der Waals surface area (Å²) in [4.78, 5) is 0. The van der Waals surface area contributed by atoms with Crippen LogP contribution in [0, 0.1) is 0 Å². The maximum atomic E-state index is 5.29. The fraction of sp³-hybridized carbons (Fsp3) is 0.500. The molecule has 0 spiro atoms. The molecule has 9 heavy (non-hydrogen) atoms. The van der Waals surface area contributed by atoms with Gasteiger partial charge in [0.25, 0.3) is 0 Å². The first-order chi connectivity index (χ1) is 4.31. The van der Waals surface area contributed by atoms with Crippen molar-refractivity contribution < 1.29 is 0 Å². The van der Waals surface area contributed by atoms with Gasteiger partial charge in [0, 0.05) is 0 Å². The van der Waals surface area contributed by atoms with Gasteiger partial charge in [-0.3, -0.25) is 0 Å². The van der Waals surface area contributed by atoms with Crippen molar-refractivity contribution in [1.29, 1.82) is 0 Å². The average molecular weight is 125 g/mol. The van der Waals surface area contributed by atoms with Crippen LogP contribution in [0.25, 0.3) is 0 Å². The van der Waals surface area contributed by atoms with Crippen LogP contribution >= 0.6 is 0 Å². The summed E-state index contributed by atoms with van der Waals surface area (Å²) in [6.07, 6.45) is 7.24. The van der Waals surface area contributed by atoms with Crippen LogP contribution in [0.3, 0.4) is 0 Å². The van der Waals surface area contributed by atoms with Crippen LogP contribution < -0.4 is 5.73 Å². The second kappa shape index (κ2) is 5.57. The van der Waals surface area contributed by atoms with E-state index in [1.165, 1.54) is 5.57 Å². The highest BCUT2D eigenvalue weighted by molar-refractivity contribution is 5.14. The van der Waals surface area contributed by atoms with Crippen molar-refractivity contribution in [2.45, 2.75) is 20.3 Å². The molecule has 0 bridgehead atoms. The molecule has 0 rings (SSSR count). The molecule has 0 aliphatic rings. The van der Waals surface area contributed by atoms with Gasteiger partial charge < -0.3 is 5.73 Å². The van der Waals surface area contributed by atoms with E-state index in [-0.39, 0.29) is 0 Å². The van der Waals surface area contributed by atoms with Gasteiger partial charge >= 0.3 is 0 Å². The standard InChI is InChI=1S/C8H15N/c1-3-8(2)6-4-5-7-9/h3-4,6H,5,7,9H2,1-2H3/b6-4-,8-3-. The van der Waals surface area contributed by atoms with Gasteiger partial charge in [-0.05, 0) is 26.8 Å². The minimum Gasteiger partial charge on any atom is -0.330 e.